The second-order valence-corrected chi connectivity index (χ2v) is 10.3. The van der Waals surface area contributed by atoms with Crippen LogP contribution in [0, 0.1) is 11.7 Å². The summed E-state index contributed by atoms with van der Waals surface area (Å²) in [6.45, 7) is 1.16. The van der Waals surface area contributed by atoms with Gasteiger partial charge in [-0.2, -0.15) is 0 Å². The van der Waals surface area contributed by atoms with Gasteiger partial charge in [-0.3, -0.25) is 4.79 Å². The van der Waals surface area contributed by atoms with Gasteiger partial charge in [0.1, 0.15) is 17.7 Å². The Morgan fingerprint density at radius 3 is 2.89 bits per heavy atom. The Labute approximate surface area is 216 Å². The molecule has 1 fully saturated rings. The zero-order valence-electron chi connectivity index (χ0n) is 19.2. The predicted octanol–water partition coefficient (Wildman–Crippen LogP) is 5.00. The maximum atomic E-state index is 14.1. The first-order chi connectivity index (χ1) is 16.8. The molecule has 0 bridgehead atoms. The molecule has 0 unspecified atom stereocenters. The summed E-state index contributed by atoms with van der Waals surface area (Å²) in [7, 11) is 0. The highest BCUT2D eigenvalue weighted by molar-refractivity contribution is 9.10. The standard InChI is InChI=1S/C25H28BrClFN3O4/c26-18-7-8-19(28)21(22(18)27)24(32)31-20(25(33)34)9-11-35-17-12-14(13-17)3-5-16-6-4-15-2-1-10-29-23(15)30-16/h4,6-8,14,17,20H,1-3,5,9-13H2,(H,29,30)(H,31,32)(H,33,34)/t14-,17+,20-/m0/s1. The topological polar surface area (TPSA) is 101 Å². The van der Waals surface area contributed by atoms with E-state index in [9.17, 15) is 19.1 Å². The third-order valence-corrected chi connectivity index (χ3v) is 7.87. The highest BCUT2D eigenvalue weighted by Crippen LogP contribution is 2.34. The molecule has 10 heteroatoms. The van der Waals surface area contributed by atoms with Gasteiger partial charge in [0.25, 0.3) is 5.91 Å². The van der Waals surface area contributed by atoms with Crippen molar-refractivity contribution >= 4 is 45.2 Å². The van der Waals surface area contributed by atoms with Gasteiger partial charge in [0.05, 0.1) is 16.7 Å². The van der Waals surface area contributed by atoms with Crippen LogP contribution < -0.4 is 10.6 Å². The molecule has 2 aromatic rings. The molecule has 0 spiro atoms. The van der Waals surface area contributed by atoms with Crippen molar-refractivity contribution in [3.63, 3.8) is 0 Å². The van der Waals surface area contributed by atoms with Crippen molar-refractivity contribution in [1.29, 1.82) is 0 Å². The largest absolute Gasteiger partial charge is 0.480 e. The summed E-state index contributed by atoms with van der Waals surface area (Å²) in [5.41, 5.74) is 2.00. The van der Waals surface area contributed by atoms with Crippen LogP contribution in [0.2, 0.25) is 5.02 Å². The average molecular weight is 569 g/mol. The summed E-state index contributed by atoms with van der Waals surface area (Å²) < 4.78 is 20.2. The summed E-state index contributed by atoms with van der Waals surface area (Å²) in [6, 6.07) is 5.55. The molecular formula is C25H28BrClFN3O4. The molecule has 1 saturated carbocycles. The highest BCUT2D eigenvalue weighted by atomic mass is 79.9. The molecule has 4 rings (SSSR count). The smallest absolute Gasteiger partial charge is 0.326 e. The maximum Gasteiger partial charge on any atom is 0.326 e. The van der Waals surface area contributed by atoms with Crippen LogP contribution in [0.4, 0.5) is 10.2 Å². The highest BCUT2D eigenvalue weighted by Gasteiger charge is 2.31. The van der Waals surface area contributed by atoms with Crippen molar-refractivity contribution in [2.45, 2.75) is 57.1 Å². The van der Waals surface area contributed by atoms with E-state index in [1.165, 1.54) is 11.6 Å². The molecule has 2 heterocycles. The number of aliphatic carboxylic acids is 1. The predicted molar refractivity (Wildman–Crippen MR) is 134 cm³/mol. The average Bonchev–Trinajstić information content (AvgIpc) is 2.81. The van der Waals surface area contributed by atoms with Gasteiger partial charge < -0.3 is 20.5 Å². The van der Waals surface area contributed by atoms with Crippen molar-refractivity contribution in [3.05, 3.63) is 56.4 Å². The van der Waals surface area contributed by atoms with Gasteiger partial charge in [0.15, 0.2) is 0 Å². The van der Waals surface area contributed by atoms with Crippen molar-refractivity contribution in [1.82, 2.24) is 10.3 Å². The minimum absolute atomic E-state index is 0.0710. The number of carboxylic acids is 1. The number of nitrogens with zero attached hydrogens (tertiary/aromatic N) is 1. The number of hydrogen-bond acceptors (Lipinski definition) is 5. The lowest BCUT2D eigenvalue weighted by atomic mass is 9.79. The van der Waals surface area contributed by atoms with Crippen LogP contribution in [0.5, 0.6) is 0 Å². The zero-order chi connectivity index (χ0) is 24.9. The lowest BCUT2D eigenvalue weighted by Gasteiger charge is -2.35. The lowest BCUT2D eigenvalue weighted by molar-refractivity contribution is -0.140. The number of benzene rings is 1. The second-order valence-electron chi connectivity index (χ2n) is 9.08. The molecule has 7 nitrogen and oxygen atoms in total. The van der Waals surface area contributed by atoms with E-state index in [1.807, 2.05) is 0 Å². The van der Waals surface area contributed by atoms with E-state index in [0.717, 1.165) is 62.6 Å². The number of aryl methyl sites for hydroxylation is 2. The summed E-state index contributed by atoms with van der Waals surface area (Å²) in [4.78, 5) is 28.8. The maximum absolute atomic E-state index is 14.1. The number of aromatic nitrogens is 1. The Morgan fingerprint density at radius 1 is 1.31 bits per heavy atom. The van der Waals surface area contributed by atoms with Crippen molar-refractivity contribution in [2.75, 3.05) is 18.5 Å². The number of amides is 1. The van der Waals surface area contributed by atoms with Crippen molar-refractivity contribution in [3.8, 4) is 0 Å². The van der Waals surface area contributed by atoms with Gasteiger partial charge >= 0.3 is 5.97 Å². The lowest BCUT2D eigenvalue weighted by Crippen LogP contribution is -2.42. The van der Waals surface area contributed by atoms with Crippen molar-refractivity contribution in [2.24, 2.45) is 5.92 Å². The van der Waals surface area contributed by atoms with E-state index in [2.05, 4.69) is 38.7 Å². The molecule has 3 N–H and O–H groups in total. The molecule has 1 aromatic carbocycles. The van der Waals surface area contributed by atoms with E-state index in [-0.39, 0.29) is 29.7 Å². The summed E-state index contributed by atoms with van der Waals surface area (Å²) >= 11 is 9.15. The van der Waals surface area contributed by atoms with Gasteiger partial charge in [-0.1, -0.05) is 17.7 Å². The summed E-state index contributed by atoms with van der Waals surface area (Å²) in [5, 5.41) is 15.1. The molecule has 188 valence electrons. The molecular weight excluding hydrogens is 541 g/mol. The fraction of sp³-hybridized carbons (Fsp3) is 0.480. The number of pyridine rings is 1. The third kappa shape index (κ3) is 6.51. The van der Waals surface area contributed by atoms with Gasteiger partial charge in [0.2, 0.25) is 0 Å². The van der Waals surface area contributed by atoms with Gasteiger partial charge in [-0.05, 0) is 84.1 Å². The number of ether oxygens (including phenoxy) is 1. The quantitative estimate of drug-likeness (QED) is 0.349. The molecule has 1 aliphatic carbocycles. The number of carboxylic acid groups (broad SMARTS) is 1. The minimum Gasteiger partial charge on any atom is -0.480 e. The Bertz CT molecular complexity index is 1100. The Balaban J connectivity index is 1.18. The van der Waals surface area contributed by atoms with Crippen LogP contribution in [-0.4, -0.2) is 47.3 Å². The number of carbonyl (C=O) groups excluding carboxylic acids is 1. The summed E-state index contributed by atoms with van der Waals surface area (Å²) in [5.74, 6) is -1.34. The van der Waals surface area contributed by atoms with Crippen LogP contribution in [0.3, 0.4) is 0 Å². The van der Waals surface area contributed by atoms with Gasteiger partial charge in [-0.25, -0.2) is 14.2 Å². The SMILES string of the molecule is O=C(N[C@@H](CCO[C@H]1C[C@@H](CCc2ccc3c(n2)NCCC3)C1)C(=O)O)c1c(F)ccc(Br)c1Cl. The number of rotatable bonds is 10. The van der Waals surface area contributed by atoms with Gasteiger partial charge in [-0.15, -0.1) is 0 Å². The molecule has 1 atom stereocenters. The molecule has 35 heavy (non-hydrogen) atoms. The number of anilines is 1. The summed E-state index contributed by atoms with van der Waals surface area (Å²) in [6.07, 6.45) is 6.19. The van der Waals surface area contributed by atoms with Crippen LogP contribution in [0.1, 0.15) is 53.7 Å². The van der Waals surface area contributed by atoms with Crippen LogP contribution in [0.25, 0.3) is 0 Å². The molecule has 0 saturated heterocycles. The molecule has 0 radical (unpaired) electrons. The normalized spacial score (nSPS) is 19.7. The first kappa shape index (κ1) is 25.9. The first-order valence-corrected chi connectivity index (χ1v) is 13.0. The van der Waals surface area contributed by atoms with Crippen LogP contribution in [0.15, 0.2) is 28.7 Å². The second kappa shape index (κ2) is 11.7. The Kier molecular flexibility index (Phi) is 8.62. The first-order valence-electron chi connectivity index (χ1n) is 11.8. The van der Waals surface area contributed by atoms with Crippen molar-refractivity contribution < 1.29 is 23.8 Å². The van der Waals surface area contributed by atoms with E-state index in [4.69, 9.17) is 21.3 Å². The molecule has 2 aliphatic rings. The number of hydrogen-bond donors (Lipinski definition) is 3. The number of halogens is 3. The van der Waals surface area contributed by atoms with Gasteiger partial charge in [0, 0.05) is 29.7 Å². The minimum atomic E-state index is -1.22. The van der Waals surface area contributed by atoms with E-state index >= 15 is 0 Å². The van der Waals surface area contributed by atoms with Crippen LogP contribution >= 0.6 is 27.5 Å². The molecule has 1 aliphatic heterocycles. The Morgan fingerprint density at radius 2 is 2.11 bits per heavy atom. The van der Waals surface area contributed by atoms with E-state index in [1.54, 1.807) is 0 Å². The Hall–Kier alpha value is -2.23. The number of fused-ring (bicyclic) bond motifs is 1. The fourth-order valence-corrected chi connectivity index (χ4v) is 5.05. The molecule has 1 aromatic heterocycles. The van der Waals surface area contributed by atoms with E-state index in [0.29, 0.717) is 10.4 Å². The third-order valence-electron chi connectivity index (χ3n) is 6.59. The molecule has 1 amide bonds. The van der Waals surface area contributed by atoms with E-state index < -0.39 is 23.7 Å². The number of carbonyl (C=O) groups is 2. The number of nitrogens with one attached hydrogen (secondary N) is 2. The fourth-order valence-electron chi connectivity index (χ4n) is 4.48. The zero-order valence-corrected chi connectivity index (χ0v) is 21.5. The van der Waals surface area contributed by atoms with Crippen LogP contribution in [-0.2, 0) is 22.4 Å². The monoisotopic (exact) mass is 567 g/mol.